The van der Waals surface area contributed by atoms with Crippen molar-refractivity contribution in [1.82, 2.24) is 29.8 Å². The number of likely N-dealkylation sites (N-methyl/N-ethyl adjacent to an activating group) is 1. The van der Waals surface area contributed by atoms with Crippen LogP contribution in [0.3, 0.4) is 0 Å². The molecule has 48 heavy (non-hydrogen) atoms. The Kier molecular flexibility index (Phi) is 14.9. The van der Waals surface area contributed by atoms with Gasteiger partial charge < -0.3 is 25.5 Å². The summed E-state index contributed by atoms with van der Waals surface area (Å²) in [5.41, 5.74) is 7.38. The van der Waals surface area contributed by atoms with Crippen LogP contribution in [0.15, 0.2) is 30.3 Å². The minimum Gasteiger partial charge on any atom is -0.459 e. The number of aldehydes is 1. The molecular weight excluding hydrogens is 614 g/mol. The van der Waals surface area contributed by atoms with Crippen molar-refractivity contribution in [2.45, 2.75) is 40.2 Å². The number of nitrogen functional groups attached to an aromatic ring is 1. The van der Waals surface area contributed by atoms with Crippen molar-refractivity contribution in [2.24, 2.45) is 0 Å². The highest BCUT2D eigenvalue weighted by molar-refractivity contribution is 6.12. The number of ether oxygens (including phenoxy) is 1. The van der Waals surface area contributed by atoms with E-state index in [0.29, 0.717) is 62.3 Å². The van der Waals surface area contributed by atoms with E-state index in [-0.39, 0.29) is 44.6 Å². The first kappa shape index (κ1) is 38.5. The number of hydrogen-bond acceptors (Lipinski definition) is 11. The van der Waals surface area contributed by atoms with Crippen molar-refractivity contribution in [3.8, 4) is 0 Å². The first-order valence-corrected chi connectivity index (χ1v) is 16.7. The SMILES string of the molecule is CCN1CCN(CC(=O)NCCN(C=O)C(=O)c2cccc3c(N)ccc(C)c23)CCN(CC=O)CCN(CC(=O)OC(C)(C)C)CC1. The third-order valence-corrected chi connectivity index (χ3v) is 8.43. The number of fused-ring (bicyclic) bond motifs is 1. The van der Waals surface area contributed by atoms with E-state index in [1.807, 2.05) is 44.7 Å². The minimum atomic E-state index is -0.560. The molecule has 1 saturated heterocycles. The Balaban J connectivity index is 1.59. The highest BCUT2D eigenvalue weighted by Gasteiger charge is 2.23. The number of nitrogens with two attached hydrogens (primary N) is 1. The third kappa shape index (κ3) is 12.0. The monoisotopic (exact) mass is 667 g/mol. The van der Waals surface area contributed by atoms with E-state index in [1.54, 1.807) is 18.2 Å². The van der Waals surface area contributed by atoms with Gasteiger partial charge in [0.1, 0.15) is 11.9 Å². The predicted molar refractivity (Wildman–Crippen MR) is 187 cm³/mol. The molecule has 1 heterocycles. The molecule has 1 aliphatic rings. The fraction of sp³-hybridized carbons (Fsp3) is 0.571. The van der Waals surface area contributed by atoms with Gasteiger partial charge in [0.05, 0.1) is 19.6 Å². The van der Waals surface area contributed by atoms with Crippen LogP contribution in [0.4, 0.5) is 5.69 Å². The summed E-state index contributed by atoms with van der Waals surface area (Å²) in [6, 6.07) is 8.89. The van der Waals surface area contributed by atoms with Crippen LogP contribution in [0, 0.1) is 6.92 Å². The molecule has 0 spiro atoms. The largest absolute Gasteiger partial charge is 0.459 e. The van der Waals surface area contributed by atoms with Gasteiger partial charge in [-0.2, -0.15) is 0 Å². The Morgan fingerprint density at radius 2 is 1.50 bits per heavy atom. The number of imide groups is 1. The fourth-order valence-corrected chi connectivity index (χ4v) is 5.77. The zero-order valence-corrected chi connectivity index (χ0v) is 29.2. The Morgan fingerprint density at radius 1 is 0.896 bits per heavy atom. The molecule has 2 aromatic carbocycles. The second kappa shape index (κ2) is 18.6. The Bertz CT molecular complexity index is 1410. The van der Waals surface area contributed by atoms with Gasteiger partial charge in [-0.15, -0.1) is 0 Å². The number of carbonyl (C=O) groups excluding carboxylic acids is 5. The van der Waals surface area contributed by atoms with E-state index in [2.05, 4.69) is 26.9 Å². The van der Waals surface area contributed by atoms with Crippen LogP contribution in [-0.4, -0.2) is 152 Å². The number of nitrogens with one attached hydrogen (secondary N) is 1. The summed E-state index contributed by atoms with van der Waals surface area (Å²) in [6.45, 7) is 16.1. The molecule has 13 nitrogen and oxygen atoms in total. The normalized spacial score (nSPS) is 16.4. The molecule has 0 atom stereocenters. The lowest BCUT2D eigenvalue weighted by Gasteiger charge is -2.33. The van der Waals surface area contributed by atoms with E-state index in [9.17, 15) is 24.0 Å². The number of benzene rings is 2. The zero-order chi connectivity index (χ0) is 35.3. The van der Waals surface area contributed by atoms with Crippen molar-refractivity contribution in [3.05, 3.63) is 41.5 Å². The highest BCUT2D eigenvalue weighted by atomic mass is 16.6. The number of rotatable bonds is 12. The molecule has 3 rings (SSSR count). The number of anilines is 1. The lowest BCUT2D eigenvalue weighted by molar-refractivity contribution is -0.156. The molecule has 13 heteroatoms. The maximum absolute atomic E-state index is 13.4. The van der Waals surface area contributed by atoms with E-state index in [0.717, 1.165) is 41.8 Å². The van der Waals surface area contributed by atoms with Crippen molar-refractivity contribution in [3.63, 3.8) is 0 Å². The Hall–Kier alpha value is -3.91. The highest BCUT2D eigenvalue weighted by Crippen LogP contribution is 2.28. The van der Waals surface area contributed by atoms with Crippen LogP contribution in [0.25, 0.3) is 10.8 Å². The van der Waals surface area contributed by atoms with Gasteiger partial charge in [-0.05, 0) is 57.3 Å². The smallest absolute Gasteiger partial charge is 0.320 e. The summed E-state index contributed by atoms with van der Waals surface area (Å²) < 4.78 is 5.55. The first-order valence-electron chi connectivity index (χ1n) is 16.7. The van der Waals surface area contributed by atoms with Crippen molar-refractivity contribution < 1.29 is 28.7 Å². The standard InChI is InChI=1S/C35H53N7O6/c1-6-38-14-18-40(20-16-39(22-23-43)17-21-41(19-15-38)25-32(46)48-35(3,4)5)24-31(45)37-12-13-42(26-44)34(47)29-9-7-8-28-30(36)11-10-27(2)33(28)29/h7-11,23,26H,6,12-22,24-25,36H2,1-5H3,(H,37,45). The number of esters is 1. The van der Waals surface area contributed by atoms with Gasteiger partial charge in [0.25, 0.3) is 5.91 Å². The van der Waals surface area contributed by atoms with E-state index in [4.69, 9.17) is 10.5 Å². The quantitative estimate of drug-likeness (QED) is 0.191. The van der Waals surface area contributed by atoms with E-state index < -0.39 is 11.5 Å². The van der Waals surface area contributed by atoms with Crippen LogP contribution in [-0.2, 0) is 23.9 Å². The van der Waals surface area contributed by atoms with Crippen LogP contribution < -0.4 is 11.1 Å². The van der Waals surface area contributed by atoms with Gasteiger partial charge in [-0.25, -0.2) is 0 Å². The Labute approximate surface area is 284 Å². The average Bonchev–Trinajstić information content (AvgIpc) is 3.03. The van der Waals surface area contributed by atoms with Crippen molar-refractivity contribution >= 4 is 46.9 Å². The van der Waals surface area contributed by atoms with Crippen LogP contribution in [0.5, 0.6) is 0 Å². The molecule has 1 fully saturated rings. The van der Waals surface area contributed by atoms with Gasteiger partial charge in [0.2, 0.25) is 12.3 Å². The molecule has 3 amide bonds. The number of aryl methyl sites for hydroxylation is 1. The lowest BCUT2D eigenvalue weighted by atomic mass is 9.98. The van der Waals surface area contributed by atoms with E-state index >= 15 is 0 Å². The summed E-state index contributed by atoms with van der Waals surface area (Å²) in [5.74, 6) is -0.949. The van der Waals surface area contributed by atoms with Gasteiger partial charge >= 0.3 is 5.97 Å². The van der Waals surface area contributed by atoms with Crippen molar-refractivity contribution in [2.75, 3.05) is 97.4 Å². The van der Waals surface area contributed by atoms with Crippen LogP contribution >= 0.6 is 0 Å². The molecule has 0 aliphatic carbocycles. The maximum Gasteiger partial charge on any atom is 0.320 e. The number of hydrogen-bond donors (Lipinski definition) is 2. The number of amides is 3. The maximum atomic E-state index is 13.4. The summed E-state index contributed by atoms with van der Waals surface area (Å²) in [5, 5.41) is 4.31. The summed E-state index contributed by atoms with van der Waals surface area (Å²) >= 11 is 0. The van der Waals surface area contributed by atoms with Gasteiger partial charge in [0, 0.05) is 82.1 Å². The molecule has 0 bridgehead atoms. The molecule has 0 aromatic heterocycles. The predicted octanol–water partition coefficient (Wildman–Crippen LogP) is 1.23. The fourth-order valence-electron chi connectivity index (χ4n) is 5.77. The minimum absolute atomic E-state index is 0.0162. The number of nitrogens with zero attached hydrogens (tertiary/aromatic N) is 5. The summed E-state index contributed by atoms with van der Waals surface area (Å²) in [6.07, 6.45) is 1.36. The first-order chi connectivity index (χ1) is 22.8. The van der Waals surface area contributed by atoms with Crippen LogP contribution in [0.2, 0.25) is 0 Å². The molecule has 1 aliphatic heterocycles. The van der Waals surface area contributed by atoms with Crippen LogP contribution in [0.1, 0.15) is 43.6 Å². The lowest BCUT2D eigenvalue weighted by Crippen LogP contribution is -2.49. The Morgan fingerprint density at radius 3 is 2.08 bits per heavy atom. The average molecular weight is 668 g/mol. The molecule has 2 aromatic rings. The second-order valence-electron chi connectivity index (χ2n) is 13.2. The second-order valence-corrected chi connectivity index (χ2v) is 13.2. The zero-order valence-electron chi connectivity index (χ0n) is 29.2. The summed E-state index contributed by atoms with van der Waals surface area (Å²) in [7, 11) is 0. The molecule has 0 saturated carbocycles. The number of carbonyl (C=O) groups is 5. The molecule has 264 valence electrons. The van der Waals surface area contributed by atoms with E-state index in [1.165, 1.54) is 0 Å². The molecule has 0 radical (unpaired) electrons. The summed E-state index contributed by atoms with van der Waals surface area (Å²) in [4.78, 5) is 71.9. The van der Waals surface area contributed by atoms with Gasteiger partial charge in [-0.1, -0.05) is 25.1 Å². The van der Waals surface area contributed by atoms with Gasteiger partial charge in [-0.3, -0.25) is 38.8 Å². The molecule has 3 N–H and O–H groups in total. The third-order valence-electron chi connectivity index (χ3n) is 8.43. The molecule has 0 unspecified atom stereocenters. The van der Waals surface area contributed by atoms with Crippen molar-refractivity contribution in [1.29, 1.82) is 0 Å². The van der Waals surface area contributed by atoms with Gasteiger partial charge in [0.15, 0.2) is 0 Å². The molecular formula is C35H53N7O6. The topological polar surface area (TPSA) is 149 Å².